The molecule has 7 nitrogen and oxygen atoms in total. The summed E-state index contributed by atoms with van der Waals surface area (Å²) in [4.78, 5) is 12.3. The number of methoxy groups -OCH3 is 1. The summed E-state index contributed by atoms with van der Waals surface area (Å²) in [6.07, 6.45) is 0.500. The Balaban J connectivity index is 1.31. The van der Waals surface area contributed by atoms with Gasteiger partial charge in [0.25, 0.3) is 0 Å². The Kier molecular flexibility index (Phi) is 5.55. The number of rotatable bonds is 6. The number of hydrazine groups is 1. The van der Waals surface area contributed by atoms with Crippen molar-refractivity contribution in [3.8, 4) is 17.1 Å². The van der Waals surface area contributed by atoms with Gasteiger partial charge < -0.3 is 14.0 Å². The van der Waals surface area contributed by atoms with Gasteiger partial charge in [-0.2, -0.15) is 0 Å². The van der Waals surface area contributed by atoms with Crippen LogP contribution in [0.4, 0.5) is 4.39 Å². The quantitative estimate of drug-likeness (QED) is 0.618. The molecule has 1 fully saturated rings. The average molecular weight is 397 g/mol. The predicted molar refractivity (Wildman–Crippen MR) is 102 cm³/mol. The lowest BCUT2D eigenvalue weighted by Gasteiger charge is -2.09. The van der Waals surface area contributed by atoms with Gasteiger partial charge in [-0.3, -0.25) is 4.79 Å². The average Bonchev–Trinajstić information content (AvgIpc) is 3.43. The minimum absolute atomic E-state index is 0.0118. The summed E-state index contributed by atoms with van der Waals surface area (Å²) in [6, 6.07) is 14.7. The van der Waals surface area contributed by atoms with Crippen molar-refractivity contribution in [1.29, 1.82) is 0 Å². The van der Waals surface area contributed by atoms with Crippen LogP contribution < -0.4 is 15.6 Å². The Bertz CT molecular complexity index is 972. The number of hydrogen-bond acceptors (Lipinski definition) is 7. The van der Waals surface area contributed by atoms with Crippen molar-refractivity contribution in [1.82, 2.24) is 16.0 Å². The van der Waals surface area contributed by atoms with Gasteiger partial charge in [-0.25, -0.2) is 15.2 Å². The first kappa shape index (κ1) is 19.1. The molecule has 1 aliphatic heterocycles. The number of aromatic nitrogens is 1. The lowest BCUT2D eigenvalue weighted by atomic mass is 10.0. The molecule has 29 heavy (non-hydrogen) atoms. The van der Waals surface area contributed by atoms with Crippen LogP contribution in [0.15, 0.2) is 59.1 Å². The summed E-state index contributed by atoms with van der Waals surface area (Å²) in [5.74, 6) is 0.642. The molecule has 0 saturated carbocycles. The third kappa shape index (κ3) is 4.44. The van der Waals surface area contributed by atoms with Crippen LogP contribution in [0.3, 0.4) is 0 Å². The van der Waals surface area contributed by atoms with Crippen LogP contribution in [0.25, 0.3) is 11.3 Å². The molecule has 2 atom stereocenters. The molecule has 0 aliphatic carbocycles. The molecule has 0 radical (unpaired) electrons. The fraction of sp³-hybridized carbons (Fsp3) is 0.238. The van der Waals surface area contributed by atoms with Crippen LogP contribution in [0, 0.1) is 5.82 Å². The number of ether oxygens (including phenoxy) is 2. The molecule has 8 heteroatoms. The van der Waals surface area contributed by atoms with Crippen LogP contribution in [0.5, 0.6) is 5.75 Å². The molecule has 1 aromatic heterocycles. The van der Waals surface area contributed by atoms with Crippen molar-refractivity contribution in [2.45, 2.75) is 25.1 Å². The Hall–Kier alpha value is -3.23. The van der Waals surface area contributed by atoms with Crippen molar-refractivity contribution in [2.75, 3.05) is 7.11 Å². The summed E-state index contributed by atoms with van der Waals surface area (Å²) in [5.41, 5.74) is 8.23. The van der Waals surface area contributed by atoms with Crippen LogP contribution in [0.1, 0.15) is 23.7 Å². The Labute approximate surface area is 166 Å². The van der Waals surface area contributed by atoms with E-state index in [4.69, 9.17) is 14.0 Å². The number of nitrogens with one attached hydrogen (secondary N) is 2. The minimum Gasteiger partial charge on any atom is -0.497 e. The van der Waals surface area contributed by atoms with E-state index in [0.29, 0.717) is 17.9 Å². The van der Waals surface area contributed by atoms with E-state index in [9.17, 15) is 9.18 Å². The number of benzene rings is 2. The van der Waals surface area contributed by atoms with Gasteiger partial charge in [-0.15, -0.1) is 0 Å². The summed E-state index contributed by atoms with van der Waals surface area (Å²) < 4.78 is 28.9. The molecule has 2 N–H and O–H groups in total. The van der Waals surface area contributed by atoms with E-state index < -0.39 is 12.0 Å². The monoisotopic (exact) mass is 397 g/mol. The summed E-state index contributed by atoms with van der Waals surface area (Å²) in [7, 11) is 1.60. The fourth-order valence-electron chi connectivity index (χ4n) is 3.14. The van der Waals surface area contributed by atoms with E-state index in [1.165, 1.54) is 12.1 Å². The van der Waals surface area contributed by atoms with Crippen LogP contribution in [-0.4, -0.2) is 24.3 Å². The molecule has 0 amide bonds. The fourth-order valence-corrected chi connectivity index (χ4v) is 3.14. The number of nitrogens with zero attached hydrogens (tertiary/aromatic N) is 1. The van der Waals surface area contributed by atoms with Crippen molar-refractivity contribution < 1.29 is 23.2 Å². The summed E-state index contributed by atoms with van der Waals surface area (Å²) in [6.45, 7) is 0.0118. The molecule has 2 unspecified atom stereocenters. The topological polar surface area (TPSA) is 85.6 Å². The second kappa shape index (κ2) is 8.42. The molecule has 150 valence electrons. The molecular formula is C21H20FN3O4. The first-order valence-electron chi connectivity index (χ1n) is 9.15. The molecule has 1 saturated heterocycles. The van der Waals surface area contributed by atoms with Gasteiger partial charge in [0, 0.05) is 17.7 Å². The van der Waals surface area contributed by atoms with E-state index in [-0.39, 0.29) is 18.5 Å². The summed E-state index contributed by atoms with van der Waals surface area (Å²) >= 11 is 0. The lowest BCUT2D eigenvalue weighted by molar-refractivity contribution is -0.147. The molecule has 2 heterocycles. The molecule has 3 aromatic rings. The van der Waals surface area contributed by atoms with Crippen molar-refractivity contribution in [3.63, 3.8) is 0 Å². The number of halogens is 1. The first-order chi connectivity index (χ1) is 14.1. The largest absolute Gasteiger partial charge is 0.497 e. The van der Waals surface area contributed by atoms with Crippen LogP contribution in [0.2, 0.25) is 0 Å². The molecular weight excluding hydrogens is 377 g/mol. The SMILES string of the molecule is COc1ccc(-c2cc(COC(=O)C3CC(c4ccc(F)cc4)NN3)no2)cc1. The van der Waals surface area contributed by atoms with E-state index in [1.807, 2.05) is 24.3 Å². The van der Waals surface area contributed by atoms with Gasteiger partial charge >= 0.3 is 5.97 Å². The molecule has 1 aliphatic rings. The van der Waals surface area contributed by atoms with Crippen molar-refractivity contribution in [3.05, 3.63) is 71.7 Å². The highest BCUT2D eigenvalue weighted by Gasteiger charge is 2.31. The first-order valence-corrected chi connectivity index (χ1v) is 9.15. The maximum atomic E-state index is 13.1. The smallest absolute Gasteiger partial charge is 0.324 e. The zero-order valence-corrected chi connectivity index (χ0v) is 15.7. The maximum absolute atomic E-state index is 13.1. The molecule has 2 aromatic carbocycles. The number of carbonyl (C=O) groups excluding carboxylic acids is 1. The highest BCUT2D eigenvalue weighted by Crippen LogP contribution is 2.25. The second-order valence-corrected chi connectivity index (χ2v) is 6.70. The van der Waals surface area contributed by atoms with Gasteiger partial charge in [-0.05, 0) is 48.4 Å². The van der Waals surface area contributed by atoms with Gasteiger partial charge in [0.2, 0.25) is 0 Å². The minimum atomic E-state index is -0.502. The second-order valence-electron chi connectivity index (χ2n) is 6.70. The number of esters is 1. The number of hydrogen-bond donors (Lipinski definition) is 2. The van der Waals surface area contributed by atoms with E-state index in [2.05, 4.69) is 16.0 Å². The zero-order chi connectivity index (χ0) is 20.2. The van der Waals surface area contributed by atoms with Gasteiger partial charge in [0.15, 0.2) is 5.76 Å². The Morgan fingerprint density at radius 1 is 1.17 bits per heavy atom. The highest BCUT2D eigenvalue weighted by atomic mass is 19.1. The van der Waals surface area contributed by atoms with E-state index in [0.717, 1.165) is 16.9 Å². The van der Waals surface area contributed by atoms with E-state index >= 15 is 0 Å². The number of carbonyl (C=O) groups is 1. The normalized spacial score (nSPS) is 18.6. The van der Waals surface area contributed by atoms with Crippen molar-refractivity contribution >= 4 is 5.97 Å². The van der Waals surface area contributed by atoms with Crippen molar-refractivity contribution in [2.24, 2.45) is 0 Å². The third-order valence-corrected chi connectivity index (χ3v) is 4.76. The van der Waals surface area contributed by atoms with Gasteiger partial charge in [0.1, 0.15) is 29.9 Å². The highest BCUT2D eigenvalue weighted by molar-refractivity contribution is 5.76. The van der Waals surface area contributed by atoms with Gasteiger partial charge in [-0.1, -0.05) is 17.3 Å². The predicted octanol–water partition coefficient (Wildman–Crippen LogP) is 3.14. The molecule has 0 bridgehead atoms. The third-order valence-electron chi connectivity index (χ3n) is 4.76. The van der Waals surface area contributed by atoms with Gasteiger partial charge in [0.05, 0.1) is 7.11 Å². The maximum Gasteiger partial charge on any atom is 0.324 e. The summed E-state index contributed by atoms with van der Waals surface area (Å²) in [5, 5.41) is 3.95. The molecule has 0 spiro atoms. The zero-order valence-electron chi connectivity index (χ0n) is 15.7. The standard InChI is InChI=1S/C21H20FN3O4/c1-27-17-8-4-14(5-9-17)20-10-16(25-29-20)12-28-21(26)19-11-18(23-24-19)13-2-6-15(22)7-3-13/h2-10,18-19,23-24H,11-12H2,1H3. The lowest BCUT2D eigenvalue weighted by Crippen LogP contribution is -2.37. The van der Waals surface area contributed by atoms with E-state index in [1.54, 1.807) is 25.3 Å². The Morgan fingerprint density at radius 2 is 1.93 bits per heavy atom. The Morgan fingerprint density at radius 3 is 2.66 bits per heavy atom. The van der Waals surface area contributed by atoms with Crippen LogP contribution >= 0.6 is 0 Å². The molecule has 4 rings (SSSR count). The van der Waals surface area contributed by atoms with Crippen LogP contribution in [-0.2, 0) is 16.1 Å².